The lowest BCUT2D eigenvalue weighted by Crippen LogP contribution is -2.27. The second-order valence-electron chi connectivity index (χ2n) is 5.18. The summed E-state index contributed by atoms with van der Waals surface area (Å²) in [5, 5.41) is 9.92. The van der Waals surface area contributed by atoms with Gasteiger partial charge in [-0.2, -0.15) is 0 Å². The van der Waals surface area contributed by atoms with Gasteiger partial charge in [0.1, 0.15) is 0 Å². The molecule has 114 valence electrons. The summed E-state index contributed by atoms with van der Waals surface area (Å²) in [6.45, 7) is 2.64. The van der Waals surface area contributed by atoms with Crippen molar-refractivity contribution < 1.29 is 9.84 Å². The van der Waals surface area contributed by atoms with Crippen LogP contribution in [0.5, 0.6) is 0 Å². The van der Waals surface area contributed by atoms with E-state index >= 15 is 0 Å². The van der Waals surface area contributed by atoms with Crippen molar-refractivity contribution in [1.29, 1.82) is 0 Å². The summed E-state index contributed by atoms with van der Waals surface area (Å²) in [6, 6.07) is 7.87. The predicted molar refractivity (Wildman–Crippen MR) is 83.4 cm³/mol. The lowest BCUT2D eigenvalue weighted by Gasteiger charge is -2.22. The van der Waals surface area contributed by atoms with E-state index < -0.39 is 0 Å². The molecule has 0 aliphatic rings. The number of halogens is 1. The van der Waals surface area contributed by atoms with E-state index in [4.69, 9.17) is 21.4 Å². The van der Waals surface area contributed by atoms with Crippen LogP contribution in [-0.4, -0.2) is 33.5 Å². The minimum absolute atomic E-state index is 0.0291. The van der Waals surface area contributed by atoms with E-state index in [0.717, 1.165) is 24.4 Å². The first-order chi connectivity index (χ1) is 10.2. The molecule has 1 unspecified atom stereocenters. The van der Waals surface area contributed by atoms with Gasteiger partial charge in [-0.3, -0.25) is 0 Å². The molecule has 2 aromatic rings. The van der Waals surface area contributed by atoms with Gasteiger partial charge in [-0.1, -0.05) is 23.7 Å². The quantitative estimate of drug-likeness (QED) is 0.815. The Hall–Kier alpha value is -1.36. The SMILES string of the molecule is C[C@@H](CO)OC(CCc1ccc(Cl)cc1)Cn1ccnc1. The highest BCUT2D eigenvalue weighted by Crippen LogP contribution is 2.14. The van der Waals surface area contributed by atoms with Gasteiger partial charge in [0.05, 0.1) is 25.1 Å². The first kappa shape index (κ1) is 16.0. The summed E-state index contributed by atoms with van der Waals surface area (Å²) in [7, 11) is 0. The molecular weight excluding hydrogens is 288 g/mol. The van der Waals surface area contributed by atoms with Crippen LogP contribution in [0.1, 0.15) is 18.9 Å². The van der Waals surface area contributed by atoms with Crippen molar-refractivity contribution in [3.8, 4) is 0 Å². The van der Waals surface area contributed by atoms with Crippen LogP contribution < -0.4 is 0 Å². The fourth-order valence-corrected chi connectivity index (χ4v) is 2.31. The Morgan fingerprint density at radius 2 is 2.10 bits per heavy atom. The molecule has 0 amide bonds. The first-order valence-corrected chi connectivity index (χ1v) is 7.51. The highest BCUT2D eigenvalue weighted by molar-refractivity contribution is 6.30. The molecule has 0 spiro atoms. The Balaban J connectivity index is 1.92. The molecule has 0 aliphatic carbocycles. The third-order valence-corrected chi connectivity index (χ3v) is 3.58. The lowest BCUT2D eigenvalue weighted by molar-refractivity contribution is -0.0394. The van der Waals surface area contributed by atoms with Crippen molar-refractivity contribution >= 4 is 11.6 Å². The number of ether oxygens (including phenoxy) is 1. The number of hydrogen-bond donors (Lipinski definition) is 1. The van der Waals surface area contributed by atoms with Crippen LogP contribution in [-0.2, 0) is 17.7 Å². The van der Waals surface area contributed by atoms with Gasteiger partial charge < -0.3 is 14.4 Å². The molecule has 5 heteroatoms. The van der Waals surface area contributed by atoms with Gasteiger partial charge in [-0.25, -0.2) is 4.98 Å². The highest BCUT2D eigenvalue weighted by Gasteiger charge is 2.14. The zero-order valence-corrected chi connectivity index (χ0v) is 12.9. The number of aromatic nitrogens is 2. The number of imidazole rings is 1. The molecule has 1 heterocycles. The van der Waals surface area contributed by atoms with Crippen molar-refractivity contribution in [2.24, 2.45) is 0 Å². The molecule has 1 aromatic heterocycles. The maximum absolute atomic E-state index is 9.17. The summed E-state index contributed by atoms with van der Waals surface area (Å²) in [5.41, 5.74) is 1.23. The van der Waals surface area contributed by atoms with Crippen LogP contribution in [0.25, 0.3) is 0 Å². The smallest absolute Gasteiger partial charge is 0.0946 e. The molecule has 4 nitrogen and oxygen atoms in total. The van der Waals surface area contributed by atoms with E-state index in [-0.39, 0.29) is 18.8 Å². The van der Waals surface area contributed by atoms with Crippen LogP contribution in [0.3, 0.4) is 0 Å². The molecule has 2 rings (SSSR count). The number of benzene rings is 1. The van der Waals surface area contributed by atoms with Crippen LogP contribution in [0.4, 0.5) is 0 Å². The van der Waals surface area contributed by atoms with Gasteiger partial charge in [0.15, 0.2) is 0 Å². The Morgan fingerprint density at radius 3 is 2.71 bits per heavy atom. The maximum atomic E-state index is 9.17. The Kier molecular flexibility index (Phi) is 6.23. The van der Waals surface area contributed by atoms with Crippen molar-refractivity contribution in [3.05, 3.63) is 53.6 Å². The van der Waals surface area contributed by atoms with E-state index in [9.17, 15) is 0 Å². The van der Waals surface area contributed by atoms with E-state index in [1.54, 1.807) is 12.5 Å². The molecule has 21 heavy (non-hydrogen) atoms. The summed E-state index contributed by atoms with van der Waals surface area (Å²) in [4.78, 5) is 4.05. The molecular formula is C16H21ClN2O2. The standard InChI is InChI=1S/C16H21ClN2O2/c1-13(11-20)21-16(10-19-9-8-18-12-19)7-4-14-2-5-15(17)6-3-14/h2-3,5-6,8-9,12-13,16,20H,4,7,10-11H2,1H3/t13-,16?/m0/s1. The summed E-state index contributed by atoms with van der Waals surface area (Å²) in [5.74, 6) is 0. The fourth-order valence-electron chi connectivity index (χ4n) is 2.18. The normalized spacial score (nSPS) is 14.0. The number of rotatable bonds is 8. The number of aliphatic hydroxyl groups is 1. The Morgan fingerprint density at radius 1 is 1.33 bits per heavy atom. The highest BCUT2D eigenvalue weighted by atomic mass is 35.5. The zero-order chi connectivity index (χ0) is 15.1. The molecule has 0 fully saturated rings. The number of hydrogen-bond acceptors (Lipinski definition) is 3. The minimum atomic E-state index is -0.163. The van der Waals surface area contributed by atoms with Gasteiger partial charge in [-0.15, -0.1) is 0 Å². The second kappa shape index (κ2) is 8.17. The van der Waals surface area contributed by atoms with Gasteiger partial charge in [-0.05, 0) is 37.5 Å². The van der Waals surface area contributed by atoms with Gasteiger partial charge in [0, 0.05) is 24.0 Å². The number of aryl methyl sites for hydroxylation is 1. The zero-order valence-electron chi connectivity index (χ0n) is 12.2. The van der Waals surface area contributed by atoms with E-state index in [2.05, 4.69) is 4.98 Å². The second-order valence-corrected chi connectivity index (χ2v) is 5.61. The molecule has 0 radical (unpaired) electrons. The van der Waals surface area contributed by atoms with Gasteiger partial charge in [0.2, 0.25) is 0 Å². The third kappa shape index (κ3) is 5.50. The summed E-state index contributed by atoms with van der Waals surface area (Å²) < 4.78 is 7.89. The molecule has 0 bridgehead atoms. The lowest BCUT2D eigenvalue weighted by atomic mass is 10.1. The third-order valence-electron chi connectivity index (χ3n) is 3.32. The van der Waals surface area contributed by atoms with Crippen molar-refractivity contribution in [3.63, 3.8) is 0 Å². The fraction of sp³-hybridized carbons (Fsp3) is 0.438. The molecule has 0 aliphatic heterocycles. The monoisotopic (exact) mass is 308 g/mol. The van der Waals surface area contributed by atoms with E-state index in [0.29, 0.717) is 0 Å². The van der Waals surface area contributed by atoms with Gasteiger partial charge in [0.25, 0.3) is 0 Å². The molecule has 1 N–H and O–H groups in total. The first-order valence-electron chi connectivity index (χ1n) is 7.14. The average Bonchev–Trinajstić information content (AvgIpc) is 2.99. The summed E-state index contributed by atoms with van der Waals surface area (Å²) in [6.07, 6.45) is 7.12. The molecule has 2 atom stereocenters. The molecule has 0 saturated heterocycles. The predicted octanol–water partition coefficient (Wildman–Crippen LogP) is 2.94. The average molecular weight is 309 g/mol. The number of nitrogens with zero attached hydrogens (tertiary/aromatic N) is 2. The summed E-state index contributed by atoms with van der Waals surface area (Å²) >= 11 is 5.89. The number of aliphatic hydroxyl groups excluding tert-OH is 1. The van der Waals surface area contributed by atoms with E-state index in [1.165, 1.54) is 5.56 Å². The minimum Gasteiger partial charge on any atom is -0.394 e. The van der Waals surface area contributed by atoms with Gasteiger partial charge >= 0.3 is 0 Å². The largest absolute Gasteiger partial charge is 0.394 e. The molecule has 1 aromatic carbocycles. The van der Waals surface area contributed by atoms with Crippen molar-refractivity contribution in [2.75, 3.05) is 6.61 Å². The van der Waals surface area contributed by atoms with Crippen molar-refractivity contribution in [2.45, 2.75) is 38.5 Å². The maximum Gasteiger partial charge on any atom is 0.0946 e. The van der Waals surface area contributed by atoms with Crippen LogP contribution in [0.15, 0.2) is 43.0 Å². The molecule has 0 saturated carbocycles. The Bertz CT molecular complexity index is 514. The van der Waals surface area contributed by atoms with Crippen LogP contribution >= 0.6 is 11.6 Å². The van der Waals surface area contributed by atoms with E-state index in [1.807, 2.05) is 42.0 Å². The van der Waals surface area contributed by atoms with Crippen LogP contribution in [0, 0.1) is 0 Å². The van der Waals surface area contributed by atoms with Crippen LogP contribution in [0.2, 0.25) is 5.02 Å². The Labute approximate surface area is 130 Å². The topological polar surface area (TPSA) is 47.3 Å². The van der Waals surface area contributed by atoms with Crippen molar-refractivity contribution in [1.82, 2.24) is 9.55 Å².